The summed E-state index contributed by atoms with van der Waals surface area (Å²) < 4.78 is 5.65. The molecule has 2 rings (SSSR count). The van der Waals surface area contributed by atoms with Gasteiger partial charge in [0.15, 0.2) is 0 Å². The van der Waals surface area contributed by atoms with Crippen molar-refractivity contribution in [3.8, 4) is 0 Å². The van der Waals surface area contributed by atoms with E-state index in [1.165, 1.54) is 19.3 Å². The maximum absolute atomic E-state index is 11.8. The first-order chi connectivity index (χ1) is 9.25. The van der Waals surface area contributed by atoms with Crippen LogP contribution in [0.2, 0.25) is 0 Å². The van der Waals surface area contributed by atoms with Crippen LogP contribution >= 0.6 is 0 Å². The van der Waals surface area contributed by atoms with E-state index >= 15 is 0 Å². The van der Waals surface area contributed by atoms with E-state index in [1.54, 1.807) is 0 Å². The Bertz CT molecular complexity index is 280. The number of amides is 1. The lowest BCUT2D eigenvalue weighted by Crippen LogP contribution is -2.45. The first-order valence-electron chi connectivity index (χ1n) is 7.55. The Morgan fingerprint density at radius 3 is 2.84 bits per heavy atom. The molecule has 0 aromatic rings. The van der Waals surface area contributed by atoms with Crippen molar-refractivity contribution in [3.63, 3.8) is 0 Å². The molecule has 1 amide bonds. The molecule has 0 aromatic carbocycles. The lowest BCUT2D eigenvalue weighted by molar-refractivity contribution is -0.128. The van der Waals surface area contributed by atoms with Crippen LogP contribution in [0.3, 0.4) is 0 Å². The second-order valence-corrected chi connectivity index (χ2v) is 5.69. The maximum atomic E-state index is 11.8. The highest BCUT2D eigenvalue weighted by Crippen LogP contribution is 2.14. The highest BCUT2D eigenvalue weighted by molar-refractivity contribution is 5.77. The fourth-order valence-corrected chi connectivity index (χ4v) is 2.84. The fourth-order valence-electron chi connectivity index (χ4n) is 2.84. The number of piperidine rings is 2. The van der Waals surface area contributed by atoms with Crippen LogP contribution in [0, 0.1) is 0 Å². The van der Waals surface area contributed by atoms with Crippen LogP contribution in [0.5, 0.6) is 0 Å². The highest BCUT2D eigenvalue weighted by atomic mass is 16.5. The molecule has 0 spiro atoms. The average Bonchev–Trinajstić information content (AvgIpc) is 2.45. The topological polar surface area (TPSA) is 53.6 Å². The minimum absolute atomic E-state index is 0.0255. The normalized spacial score (nSPS) is 26.3. The molecule has 2 aliphatic rings. The van der Waals surface area contributed by atoms with Gasteiger partial charge in [-0.2, -0.15) is 0 Å². The van der Waals surface area contributed by atoms with E-state index in [1.807, 2.05) is 0 Å². The van der Waals surface area contributed by atoms with Crippen molar-refractivity contribution in [3.05, 3.63) is 0 Å². The standard InChI is InChI=1S/C14H27N3O2/c1-17-9-3-2-4-12(17)10-16-14(18)11-19-13-5-7-15-8-6-13/h12-13,15H,2-11H2,1H3,(H,16,18). The van der Waals surface area contributed by atoms with Gasteiger partial charge in [0.05, 0.1) is 6.10 Å². The zero-order chi connectivity index (χ0) is 13.5. The minimum atomic E-state index is 0.0255. The van der Waals surface area contributed by atoms with Crippen LogP contribution < -0.4 is 10.6 Å². The number of carbonyl (C=O) groups is 1. The molecule has 0 radical (unpaired) electrons. The van der Waals surface area contributed by atoms with Gasteiger partial charge in [0.25, 0.3) is 0 Å². The molecule has 5 nitrogen and oxygen atoms in total. The van der Waals surface area contributed by atoms with E-state index in [0.717, 1.165) is 39.0 Å². The van der Waals surface area contributed by atoms with Crippen LogP contribution in [0.4, 0.5) is 0 Å². The lowest BCUT2D eigenvalue weighted by atomic mass is 10.0. The monoisotopic (exact) mass is 269 g/mol. The predicted molar refractivity (Wildman–Crippen MR) is 75.1 cm³/mol. The Kier molecular flexibility index (Phi) is 6.07. The number of carbonyl (C=O) groups excluding carboxylic acids is 1. The summed E-state index contributed by atoms with van der Waals surface area (Å²) in [6.45, 7) is 4.11. The van der Waals surface area contributed by atoms with Gasteiger partial charge in [0.1, 0.15) is 6.61 Å². The Labute approximate surface area is 116 Å². The zero-order valence-corrected chi connectivity index (χ0v) is 12.0. The number of nitrogens with one attached hydrogen (secondary N) is 2. The Hall–Kier alpha value is -0.650. The van der Waals surface area contributed by atoms with E-state index in [-0.39, 0.29) is 18.6 Å². The Morgan fingerprint density at radius 1 is 1.32 bits per heavy atom. The van der Waals surface area contributed by atoms with E-state index in [0.29, 0.717) is 6.04 Å². The minimum Gasteiger partial charge on any atom is -0.368 e. The second-order valence-electron chi connectivity index (χ2n) is 5.69. The molecule has 2 saturated heterocycles. The molecule has 110 valence electrons. The summed E-state index contributed by atoms with van der Waals surface area (Å²) in [5.74, 6) is 0.0255. The van der Waals surface area contributed by atoms with Crippen molar-refractivity contribution in [2.24, 2.45) is 0 Å². The molecule has 2 fully saturated rings. The smallest absolute Gasteiger partial charge is 0.246 e. The van der Waals surface area contributed by atoms with Gasteiger partial charge in [-0.15, -0.1) is 0 Å². The number of likely N-dealkylation sites (tertiary alicyclic amines) is 1. The van der Waals surface area contributed by atoms with Crippen LogP contribution in [0.25, 0.3) is 0 Å². The van der Waals surface area contributed by atoms with Crippen LogP contribution in [0.1, 0.15) is 32.1 Å². The molecule has 1 unspecified atom stereocenters. The predicted octanol–water partition coefficient (Wildman–Crippen LogP) is 0.356. The van der Waals surface area contributed by atoms with Gasteiger partial charge in [0.2, 0.25) is 5.91 Å². The van der Waals surface area contributed by atoms with Crippen molar-refractivity contribution in [2.45, 2.75) is 44.2 Å². The van der Waals surface area contributed by atoms with Crippen LogP contribution in [-0.2, 0) is 9.53 Å². The molecule has 0 aliphatic carbocycles. The molecule has 5 heteroatoms. The van der Waals surface area contributed by atoms with Gasteiger partial charge in [-0.1, -0.05) is 6.42 Å². The number of hydrogen-bond donors (Lipinski definition) is 2. The number of rotatable bonds is 5. The molecule has 1 atom stereocenters. The zero-order valence-electron chi connectivity index (χ0n) is 12.0. The summed E-state index contributed by atoms with van der Waals surface area (Å²) in [5.41, 5.74) is 0. The highest BCUT2D eigenvalue weighted by Gasteiger charge is 2.20. The Morgan fingerprint density at radius 2 is 2.11 bits per heavy atom. The maximum Gasteiger partial charge on any atom is 0.246 e. The third-order valence-electron chi connectivity index (χ3n) is 4.19. The van der Waals surface area contributed by atoms with Crippen molar-refractivity contribution in [1.29, 1.82) is 0 Å². The summed E-state index contributed by atoms with van der Waals surface area (Å²) >= 11 is 0. The van der Waals surface area contributed by atoms with Crippen molar-refractivity contribution < 1.29 is 9.53 Å². The van der Waals surface area contributed by atoms with Crippen LogP contribution in [0.15, 0.2) is 0 Å². The number of hydrogen-bond acceptors (Lipinski definition) is 4. The molecule has 19 heavy (non-hydrogen) atoms. The van der Waals surface area contributed by atoms with Gasteiger partial charge in [-0.3, -0.25) is 4.79 Å². The molecular weight excluding hydrogens is 242 g/mol. The largest absolute Gasteiger partial charge is 0.368 e. The van der Waals surface area contributed by atoms with E-state index in [9.17, 15) is 4.79 Å². The van der Waals surface area contributed by atoms with Crippen molar-refractivity contribution in [2.75, 3.05) is 39.8 Å². The molecule has 0 aromatic heterocycles. The molecule has 2 aliphatic heterocycles. The average molecular weight is 269 g/mol. The van der Waals surface area contributed by atoms with E-state index in [2.05, 4.69) is 22.6 Å². The first kappa shape index (κ1) is 14.8. The summed E-state index contributed by atoms with van der Waals surface area (Å²) in [6.07, 6.45) is 6.02. The fraction of sp³-hybridized carbons (Fsp3) is 0.929. The van der Waals surface area contributed by atoms with Gasteiger partial charge in [-0.25, -0.2) is 0 Å². The first-order valence-corrected chi connectivity index (χ1v) is 7.55. The van der Waals surface area contributed by atoms with Gasteiger partial charge >= 0.3 is 0 Å². The van der Waals surface area contributed by atoms with Crippen LogP contribution in [-0.4, -0.2) is 62.8 Å². The Balaban J connectivity index is 1.58. The third-order valence-corrected chi connectivity index (χ3v) is 4.19. The molecule has 0 saturated carbocycles. The molecule has 2 N–H and O–H groups in total. The van der Waals surface area contributed by atoms with Crippen molar-refractivity contribution >= 4 is 5.91 Å². The summed E-state index contributed by atoms with van der Waals surface area (Å²) in [6, 6.07) is 0.497. The quantitative estimate of drug-likeness (QED) is 0.756. The molecule has 2 heterocycles. The summed E-state index contributed by atoms with van der Waals surface area (Å²) in [7, 11) is 2.14. The molecule has 0 bridgehead atoms. The molecular formula is C14H27N3O2. The van der Waals surface area contributed by atoms with Gasteiger partial charge < -0.3 is 20.3 Å². The number of ether oxygens (including phenoxy) is 1. The number of likely N-dealkylation sites (N-methyl/N-ethyl adjacent to an activating group) is 1. The summed E-state index contributed by atoms with van der Waals surface area (Å²) in [4.78, 5) is 14.1. The lowest BCUT2D eigenvalue weighted by Gasteiger charge is -2.32. The van der Waals surface area contributed by atoms with Crippen molar-refractivity contribution in [1.82, 2.24) is 15.5 Å². The van der Waals surface area contributed by atoms with E-state index < -0.39 is 0 Å². The number of nitrogens with zero attached hydrogens (tertiary/aromatic N) is 1. The van der Waals surface area contributed by atoms with Gasteiger partial charge in [-0.05, 0) is 52.4 Å². The second kappa shape index (κ2) is 7.82. The third kappa shape index (κ3) is 5.09. The SMILES string of the molecule is CN1CCCCC1CNC(=O)COC1CCNCC1. The van der Waals surface area contributed by atoms with Gasteiger partial charge in [0, 0.05) is 12.6 Å². The van der Waals surface area contributed by atoms with E-state index in [4.69, 9.17) is 4.74 Å². The summed E-state index contributed by atoms with van der Waals surface area (Å²) in [5, 5.41) is 6.29.